The SMILES string of the molecule is S=C(Cc1ccccc1)NC1CCCCC1. The third kappa shape index (κ3) is 3.60. The molecule has 0 unspecified atom stereocenters. The van der Waals surface area contributed by atoms with Crippen LogP contribution in [-0.4, -0.2) is 11.0 Å². The van der Waals surface area contributed by atoms with Crippen molar-refractivity contribution < 1.29 is 0 Å². The van der Waals surface area contributed by atoms with Crippen LogP contribution in [0, 0.1) is 0 Å². The Bertz CT molecular complexity index is 328. The van der Waals surface area contributed by atoms with Crippen LogP contribution in [0.25, 0.3) is 0 Å². The van der Waals surface area contributed by atoms with Crippen LogP contribution < -0.4 is 5.32 Å². The quantitative estimate of drug-likeness (QED) is 0.802. The molecule has 1 aromatic carbocycles. The van der Waals surface area contributed by atoms with Gasteiger partial charge in [0.15, 0.2) is 0 Å². The highest BCUT2D eigenvalue weighted by atomic mass is 32.1. The Hall–Kier alpha value is -0.890. The van der Waals surface area contributed by atoms with E-state index in [1.807, 2.05) is 6.07 Å². The Balaban J connectivity index is 1.80. The predicted molar refractivity (Wildman–Crippen MR) is 72.8 cm³/mol. The van der Waals surface area contributed by atoms with Crippen LogP contribution in [0.15, 0.2) is 30.3 Å². The largest absolute Gasteiger partial charge is 0.377 e. The Morgan fingerprint density at radius 2 is 1.81 bits per heavy atom. The van der Waals surface area contributed by atoms with E-state index in [2.05, 4.69) is 29.6 Å². The zero-order valence-electron chi connectivity index (χ0n) is 9.61. The van der Waals surface area contributed by atoms with Gasteiger partial charge in [-0.2, -0.15) is 0 Å². The lowest BCUT2D eigenvalue weighted by Gasteiger charge is -2.24. The number of thiocarbonyl (C=S) groups is 1. The Labute approximate surface area is 103 Å². The molecule has 86 valence electrons. The molecule has 2 rings (SSSR count). The predicted octanol–water partition coefficient (Wildman–Crippen LogP) is 3.48. The molecule has 0 radical (unpaired) electrons. The summed E-state index contributed by atoms with van der Waals surface area (Å²) >= 11 is 5.41. The second-order valence-corrected chi connectivity index (χ2v) is 5.06. The van der Waals surface area contributed by atoms with Crippen molar-refractivity contribution in [2.45, 2.75) is 44.6 Å². The normalized spacial score (nSPS) is 17.0. The third-order valence-corrected chi connectivity index (χ3v) is 3.44. The van der Waals surface area contributed by atoms with E-state index in [4.69, 9.17) is 12.2 Å². The Morgan fingerprint density at radius 1 is 1.12 bits per heavy atom. The monoisotopic (exact) mass is 233 g/mol. The molecule has 0 atom stereocenters. The van der Waals surface area contributed by atoms with Gasteiger partial charge >= 0.3 is 0 Å². The highest BCUT2D eigenvalue weighted by Gasteiger charge is 2.13. The Morgan fingerprint density at radius 3 is 2.50 bits per heavy atom. The zero-order chi connectivity index (χ0) is 11.2. The van der Waals surface area contributed by atoms with Gasteiger partial charge < -0.3 is 5.32 Å². The molecule has 1 aliphatic carbocycles. The zero-order valence-corrected chi connectivity index (χ0v) is 10.4. The van der Waals surface area contributed by atoms with E-state index in [1.165, 1.54) is 37.7 Å². The molecule has 1 aromatic rings. The van der Waals surface area contributed by atoms with Crippen LogP contribution in [0.2, 0.25) is 0 Å². The minimum absolute atomic E-state index is 0.630. The summed E-state index contributed by atoms with van der Waals surface area (Å²) in [6.45, 7) is 0. The number of hydrogen-bond donors (Lipinski definition) is 1. The topological polar surface area (TPSA) is 12.0 Å². The summed E-state index contributed by atoms with van der Waals surface area (Å²) in [6.07, 6.45) is 7.55. The minimum Gasteiger partial charge on any atom is -0.377 e. The Kier molecular flexibility index (Phi) is 4.34. The van der Waals surface area contributed by atoms with Gasteiger partial charge in [0, 0.05) is 12.5 Å². The van der Waals surface area contributed by atoms with Crippen LogP contribution in [0.5, 0.6) is 0 Å². The van der Waals surface area contributed by atoms with Gasteiger partial charge in [-0.3, -0.25) is 0 Å². The van der Waals surface area contributed by atoms with Crippen molar-refractivity contribution in [3.8, 4) is 0 Å². The first-order chi connectivity index (χ1) is 7.84. The highest BCUT2D eigenvalue weighted by Crippen LogP contribution is 2.17. The van der Waals surface area contributed by atoms with Crippen LogP contribution >= 0.6 is 12.2 Å². The molecule has 1 saturated carbocycles. The van der Waals surface area contributed by atoms with E-state index in [1.54, 1.807) is 0 Å². The highest BCUT2D eigenvalue weighted by molar-refractivity contribution is 7.80. The van der Waals surface area contributed by atoms with E-state index in [0.29, 0.717) is 6.04 Å². The van der Waals surface area contributed by atoms with Crippen molar-refractivity contribution in [1.82, 2.24) is 5.32 Å². The molecule has 0 aromatic heterocycles. The molecule has 1 nitrogen and oxygen atoms in total. The second-order valence-electron chi connectivity index (χ2n) is 4.56. The third-order valence-electron chi connectivity index (χ3n) is 3.18. The molecule has 0 saturated heterocycles. The van der Waals surface area contributed by atoms with E-state index < -0.39 is 0 Å². The average molecular weight is 233 g/mol. The first-order valence-electron chi connectivity index (χ1n) is 6.18. The lowest BCUT2D eigenvalue weighted by Crippen LogP contribution is -2.36. The van der Waals surface area contributed by atoms with E-state index in [-0.39, 0.29) is 0 Å². The van der Waals surface area contributed by atoms with Crippen molar-refractivity contribution in [2.75, 3.05) is 0 Å². The summed E-state index contributed by atoms with van der Waals surface area (Å²) < 4.78 is 0. The lowest BCUT2D eigenvalue weighted by molar-refractivity contribution is 0.414. The number of hydrogen-bond acceptors (Lipinski definition) is 1. The average Bonchev–Trinajstić information content (AvgIpc) is 2.31. The fourth-order valence-corrected chi connectivity index (χ4v) is 2.64. The standard InChI is InChI=1S/C14H19NS/c16-14(11-12-7-3-1-4-8-12)15-13-9-5-2-6-10-13/h1,3-4,7-8,13H,2,5-6,9-11H2,(H,15,16). The van der Waals surface area contributed by atoms with Gasteiger partial charge in [0.1, 0.15) is 0 Å². The van der Waals surface area contributed by atoms with E-state index in [0.717, 1.165) is 11.4 Å². The lowest BCUT2D eigenvalue weighted by atomic mass is 9.95. The van der Waals surface area contributed by atoms with Crippen molar-refractivity contribution in [1.29, 1.82) is 0 Å². The molecular formula is C14H19NS. The molecule has 1 fully saturated rings. The number of nitrogens with one attached hydrogen (secondary N) is 1. The van der Waals surface area contributed by atoms with Crippen LogP contribution in [-0.2, 0) is 6.42 Å². The first kappa shape index (κ1) is 11.6. The number of rotatable bonds is 3. The minimum atomic E-state index is 0.630. The van der Waals surface area contributed by atoms with Crippen molar-refractivity contribution in [2.24, 2.45) is 0 Å². The van der Waals surface area contributed by atoms with Crippen LogP contribution in [0.1, 0.15) is 37.7 Å². The molecule has 0 spiro atoms. The maximum absolute atomic E-state index is 5.41. The fourth-order valence-electron chi connectivity index (χ4n) is 2.31. The van der Waals surface area contributed by atoms with Crippen LogP contribution in [0.3, 0.4) is 0 Å². The molecule has 1 aliphatic rings. The van der Waals surface area contributed by atoms with Crippen LogP contribution in [0.4, 0.5) is 0 Å². The molecule has 0 heterocycles. The molecule has 16 heavy (non-hydrogen) atoms. The summed E-state index contributed by atoms with van der Waals surface area (Å²) in [5.41, 5.74) is 1.30. The smallest absolute Gasteiger partial charge is 0.0799 e. The fraction of sp³-hybridized carbons (Fsp3) is 0.500. The molecule has 0 bridgehead atoms. The van der Waals surface area contributed by atoms with Gasteiger partial charge in [0.25, 0.3) is 0 Å². The molecule has 1 N–H and O–H groups in total. The summed E-state index contributed by atoms with van der Waals surface area (Å²) in [5.74, 6) is 0. The first-order valence-corrected chi connectivity index (χ1v) is 6.59. The second kappa shape index (κ2) is 6.00. The maximum Gasteiger partial charge on any atom is 0.0799 e. The van der Waals surface area contributed by atoms with Crippen molar-refractivity contribution in [3.05, 3.63) is 35.9 Å². The van der Waals surface area contributed by atoms with Crippen molar-refractivity contribution in [3.63, 3.8) is 0 Å². The molecule has 0 aliphatic heterocycles. The molecule has 2 heteroatoms. The molecule has 0 amide bonds. The summed E-state index contributed by atoms with van der Waals surface area (Å²) in [7, 11) is 0. The summed E-state index contributed by atoms with van der Waals surface area (Å²) in [6, 6.07) is 11.1. The summed E-state index contributed by atoms with van der Waals surface area (Å²) in [4.78, 5) is 0.998. The van der Waals surface area contributed by atoms with Gasteiger partial charge in [0.2, 0.25) is 0 Å². The van der Waals surface area contributed by atoms with Gasteiger partial charge in [-0.25, -0.2) is 0 Å². The van der Waals surface area contributed by atoms with Crippen molar-refractivity contribution >= 4 is 17.2 Å². The van der Waals surface area contributed by atoms with Gasteiger partial charge in [0.05, 0.1) is 4.99 Å². The summed E-state index contributed by atoms with van der Waals surface area (Å²) in [5, 5.41) is 3.50. The molecular weight excluding hydrogens is 214 g/mol. The van der Waals surface area contributed by atoms with Gasteiger partial charge in [-0.05, 0) is 18.4 Å². The van der Waals surface area contributed by atoms with Gasteiger partial charge in [-0.15, -0.1) is 0 Å². The number of benzene rings is 1. The maximum atomic E-state index is 5.41. The van der Waals surface area contributed by atoms with E-state index in [9.17, 15) is 0 Å². The van der Waals surface area contributed by atoms with E-state index >= 15 is 0 Å². The van der Waals surface area contributed by atoms with Gasteiger partial charge in [-0.1, -0.05) is 61.8 Å².